The fraction of sp³-hybridized carbons (Fsp3) is 0.500. The van der Waals surface area contributed by atoms with Crippen LogP contribution in [0.4, 0.5) is 8.78 Å². The molecule has 110 valence electrons. The Morgan fingerprint density at radius 3 is 2.85 bits per heavy atom. The highest BCUT2D eigenvalue weighted by atomic mass is 35.5. The van der Waals surface area contributed by atoms with Crippen LogP contribution in [0.15, 0.2) is 18.2 Å². The summed E-state index contributed by atoms with van der Waals surface area (Å²) in [6.07, 6.45) is -0.106. The first-order chi connectivity index (χ1) is 9.37. The number of amides is 1. The van der Waals surface area contributed by atoms with E-state index in [-0.39, 0.29) is 18.9 Å². The van der Waals surface area contributed by atoms with E-state index >= 15 is 0 Å². The largest absolute Gasteiger partial charge is 0.351 e. The predicted octanol–water partition coefficient (Wildman–Crippen LogP) is 2.72. The van der Waals surface area contributed by atoms with E-state index in [1.807, 2.05) is 13.0 Å². The smallest absolute Gasteiger partial charge is 0.261 e. The zero-order chi connectivity index (χ0) is 14.8. The van der Waals surface area contributed by atoms with E-state index in [1.54, 1.807) is 17.0 Å². The second-order valence-corrected chi connectivity index (χ2v) is 5.53. The molecule has 3 nitrogen and oxygen atoms in total. The summed E-state index contributed by atoms with van der Waals surface area (Å²) >= 11 is 6.00. The highest BCUT2D eigenvalue weighted by Crippen LogP contribution is 2.26. The molecule has 0 bridgehead atoms. The number of nitrogens with zero attached hydrogens (tertiary/aromatic N) is 1. The van der Waals surface area contributed by atoms with Gasteiger partial charge in [0.05, 0.1) is 17.1 Å². The number of hydrogen-bond donors (Lipinski definition) is 1. The van der Waals surface area contributed by atoms with E-state index in [4.69, 9.17) is 11.6 Å². The second-order valence-electron chi connectivity index (χ2n) is 5.12. The molecule has 1 aliphatic heterocycles. The van der Waals surface area contributed by atoms with Gasteiger partial charge in [-0.05, 0) is 24.6 Å². The molecule has 0 aliphatic carbocycles. The van der Waals surface area contributed by atoms with Crippen molar-refractivity contribution in [2.45, 2.75) is 19.3 Å². The maximum atomic E-state index is 13.0. The number of carbonyl (C=O) groups excluding carboxylic acids is 1. The van der Waals surface area contributed by atoms with Crippen molar-refractivity contribution >= 4 is 17.5 Å². The number of hydrogen-bond acceptors (Lipinski definition) is 2. The minimum Gasteiger partial charge on any atom is -0.351 e. The van der Waals surface area contributed by atoms with Crippen LogP contribution in [0.3, 0.4) is 0 Å². The van der Waals surface area contributed by atoms with E-state index in [2.05, 4.69) is 5.32 Å². The van der Waals surface area contributed by atoms with Gasteiger partial charge in [0.2, 0.25) is 0 Å². The molecule has 0 radical (unpaired) electrons. The number of halogens is 3. The number of rotatable bonds is 4. The minimum atomic E-state index is -2.59. The van der Waals surface area contributed by atoms with Crippen LogP contribution in [0.1, 0.15) is 22.3 Å². The molecule has 0 unspecified atom stereocenters. The van der Waals surface area contributed by atoms with Crippen molar-refractivity contribution in [1.82, 2.24) is 10.2 Å². The van der Waals surface area contributed by atoms with Crippen molar-refractivity contribution in [1.29, 1.82) is 0 Å². The first kappa shape index (κ1) is 15.2. The van der Waals surface area contributed by atoms with Gasteiger partial charge in [0.1, 0.15) is 0 Å². The van der Waals surface area contributed by atoms with E-state index in [0.29, 0.717) is 30.2 Å². The lowest BCUT2D eigenvalue weighted by molar-refractivity contribution is 0.0124. The van der Waals surface area contributed by atoms with Gasteiger partial charge in [0.25, 0.3) is 11.8 Å². The Morgan fingerprint density at radius 2 is 2.25 bits per heavy atom. The zero-order valence-electron chi connectivity index (χ0n) is 11.3. The average molecular weight is 303 g/mol. The normalized spacial score (nSPS) is 18.2. The number of likely N-dealkylation sites (tertiary alicyclic amines) is 1. The van der Waals surface area contributed by atoms with Crippen LogP contribution in [0, 0.1) is 6.92 Å². The number of alkyl halides is 2. The highest BCUT2D eigenvalue weighted by Gasteiger charge is 2.37. The Labute approximate surface area is 121 Å². The maximum absolute atomic E-state index is 13.0. The Hall–Kier alpha value is -1.20. The molecule has 0 saturated carbocycles. The van der Waals surface area contributed by atoms with Gasteiger partial charge in [0.15, 0.2) is 0 Å². The molecule has 1 amide bonds. The number of aryl methyl sites for hydroxylation is 1. The van der Waals surface area contributed by atoms with Gasteiger partial charge in [-0.25, -0.2) is 8.78 Å². The summed E-state index contributed by atoms with van der Waals surface area (Å²) in [5, 5.41) is 3.10. The summed E-state index contributed by atoms with van der Waals surface area (Å²) in [6, 6.07) is 5.19. The lowest BCUT2D eigenvalue weighted by Gasteiger charge is -2.15. The van der Waals surface area contributed by atoms with Crippen molar-refractivity contribution in [3.63, 3.8) is 0 Å². The number of nitrogens with one attached hydrogen (secondary N) is 1. The zero-order valence-corrected chi connectivity index (χ0v) is 12.0. The summed E-state index contributed by atoms with van der Waals surface area (Å²) in [4.78, 5) is 13.6. The standard InChI is InChI=1S/C14H17ClF2N2O/c1-10-2-3-11(12(15)8-10)13(20)18-5-7-19-6-4-14(16,17)9-19/h2-3,8H,4-7,9H2,1H3,(H,18,20). The van der Waals surface area contributed by atoms with E-state index in [9.17, 15) is 13.6 Å². The quantitative estimate of drug-likeness (QED) is 0.927. The van der Waals surface area contributed by atoms with E-state index in [0.717, 1.165) is 5.56 Å². The van der Waals surface area contributed by atoms with Crippen LogP contribution in [-0.2, 0) is 0 Å². The topological polar surface area (TPSA) is 32.3 Å². The molecule has 0 spiro atoms. The fourth-order valence-electron chi connectivity index (χ4n) is 2.22. The van der Waals surface area contributed by atoms with Crippen molar-refractivity contribution in [2.75, 3.05) is 26.2 Å². The third kappa shape index (κ3) is 3.90. The molecule has 1 fully saturated rings. The van der Waals surface area contributed by atoms with Gasteiger partial charge in [-0.15, -0.1) is 0 Å². The molecular formula is C14H17ClF2N2O. The van der Waals surface area contributed by atoms with Gasteiger partial charge >= 0.3 is 0 Å². The van der Waals surface area contributed by atoms with Gasteiger partial charge in [-0.1, -0.05) is 17.7 Å². The SMILES string of the molecule is Cc1ccc(C(=O)NCCN2CCC(F)(F)C2)c(Cl)c1. The number of carbonyl (C=O) groups is 1. The molecule has 0 atom stereocenters. The van der Waals surface area contributed by atoms with Gasteiger partial charge in [-0.3, -0.25) is 9.69 Å². The highest BCUT2D eigenvalue weighted by molar-refractivity contribution is 6.33. The Balaban J connectivity index is 1.81. The van der Waals surface area contributed by atoms with Gasteiger partial charge < -0.3 is 5.32 Å². The first-order valence-electron chi connectivity index (χ1n) is 6.52. The molecule has 20 heavy (non-hydrogen) atoms. The second kappa shape index (κ2) is 6.06. The molecule has 1 N–H and O–H groups in total. The number of benzene rings is 1. The van der Waals surface area contributed by atoms with Crippen molar-refractivity contribution in [3.8, 4) is 0 Å². The Bertz CT molecular complexity index is 508. The molecule has 0 aromatic heterocycles. The van der Waals surface area contributed by atoms with Crippen LogP contribution in [0.2, 0.25) is 5.02 Å². The van der Waals surface area contributed by atoms with Crippen molar-refractivity contribution in [3.05, 3.63) is 34.3 Å². The summed E-state index contributed by atoms with van der Waals surface area (Å²) < 4.78 is 26.0. The van der Waals surface area contributed by atoms with Crippen LogP contribution in [0.5, 0.6) is 0 Å². The van der Waals surface area contributed by atoms with Gasteiger partial charge in [-0.2, -0.15) is 0 Å². The molecule has 1 aliphatic rings. The third-order valence-corrected chi connectivity index (χ3v) is 3.64. The van der Waals surface area contributed by atoms with E-state index in [1.165, 1.54) is 0 Å². The average Bonchev–Trinajstić information content (AvgIpc) is 2.68. The molecule has 6 heteroatoms. The summed E-state index contributed by atoms with van der Waals surface area (Å²) in [5.74, 6) is -2.87. The monoisotopic (exact) mass is 302 g/mol. The minimum absolute atomic E-state index is 0.106. The summed E-state index contributed by atoms with van der Waals surface area (Å²) in [6.45, 7) is 2.79. The van der Waals surface area contributed by atoms with Crippen LogP contribution in [-0.4, -0.2) is 42.9 Å². The summed E-state index contributed by atoms with van der Waals surface area (Å²) in [5.41, 5.74) is 1.38. The predicted molar refractivity (Wildman–Crippen MR) is 74.5 cm³/mol. The molecule has 1 aromatic carbocycles. The molecule has 2 rings (SSSR count). The first-order valence-corrected chi connectivity index (χ1v) is 6.90. The lowest BCUT2D eigenvalue weighted by atomic mass is 10.1. The molecule has 1 saturated heterocycles. The third-order valence-electron chi connectivity index (χ3n) is 3.33. The Morgan fingerprint density at radius 1 is 1.50 bits per heavy atom. The lowest BCUT2D eigenvalue weighted by Crippen LogP contribution is -2.35. The van der Waals surface area contributed by atoms with E-state index < -0.39 is 5.92 Å². The molecule has 1 heterocycles. The van der Waals surface area contributed by atoms with Crippen molar-refractivity contribution in [2.24, 2.45) is 0 Å². The van der Waals surface area contributed by atoms with Crippen LogP contribution < -0.4 is 5.32 Å². The summed E-state index contributed by atoms with van der Waals surface area (Å²) in [7, 11) is 0. The Kier molecular flexibility index (Phi) is 4.60. The fourth-order valence-corrected chi connectivity index (χ4v) is 2.55. The van der Waals surface area contributed by atoms with Crippen molar-refractivity contribution < 1.29 is 13.6 Å². The molecule has 1 aromatic rings. The molecular weight excluding hydrogens is 286 g/mol. The van der Waals surface area contributed by atoms with Crippen LogP contribution >= 0.6 is 11.6 Å². The van der Waals surface area contributed by atoms with Crippen LogP contribution in [0.25, 0.3) is 0 Å². The van der Waals surface area contributed by atoms with Gasteiger partial charge in [0, 0.05) is 26.1 Å². The maximum Gasteiger partial charge on any atom is 0.261 e.